The first-order valence-corrected chi connectivity index (χ1v) is 7.13. The Balaban J connectivity index is 1.98. The number of aliphatic hydroxyl groups is 1. The summed E-state index contributed by atoms with van der Waals surface area (Å²) in [4.78, 5) is 2.20. The van der Waals surface area contributed by atoms with Gasteiger partial charge in [0.15, 0.2) is 0 Å². The predicted molar refractivity (Wildman–Crippen MR) is 79.3 cm³/mol. The Morgan fingerprint density at radius 2 is 2.05 bits per heavy atom. The molecule has 1 fully saturated rings. The van der Waals surface area contributed by atoms with E-state index in [4.69, 9.17) is 9.47 Å². The van der Waals surface area contributed by atoms with Gasteiger partial charge < -0.3 is 19.5 Å². The van der Waals surface area contributed by atoms with Gasteiger partial charge in [0.1, 0.15) is 11.5 Å². The van der Waals surface area contributed by atoms with Gasteiger partial charge in [0.05, 0.1) is 20.3 Å². The van der Waals surface area contributed by atoms with Crippen molar-refractivity contribution in [1.82, 2.24) is 4.90 Å². The maximum atomic E-state index is 10.4. The van der Waals surface area contributed by atoms with Gasteiger partial charge in [-0.1, -0.05) is 6.92 Å². The molecule has 4 nitrogen and oxygen atoms in total. The van der Waals surface area contributed by atoms with Crippen LogP contribution in [-0.2, 0) is 0 Å². The van der Waals surface area contributed by atoms with Crippen molar-refractivity contribution < 1.29 is 14.6 Å². The highest BCUT2D eigenvalue weighted by Crippen LogP contribution is 2.38. The third kappa shape index (κ3) is 3.64. The largest absolute Gasteiger partial charge is 0.497 e. The van der Waals surface area contributed by atoms with Gasteiger partial charge in [-0.25, -0.2) is 0 Å². The van der Waals surface area contributed by atoms with Crippen LogP contribution in [0, 0.1) is 11.8 Å². The Labute approximate surface area is 121 Å². The first-order valence-electron chi connectivity index (χ1n) is 7.13. The minimum atomic E-state index is -0.546. The molecule has 0 heterocycles. The first kappa shape index (κ1) is 15.1. The van der Waals surface area contributed by atoms with E-state index in [-0.39, 0.29) is 0 Å². The molecular weight excluding hydrogens is 254 g/mol. The summed E-state index contributed by atoms with van der Waals surface area (Å²) in [5, 5.41) is 10.4. The number of rotatable bonds is 7. The van der Waals surface area contributed by atoms with Crippen molar-refractivity contribution in [2.45, 2.75) is 19.4 Å². The number of likely N-dealkylation sites (N-methyl/N-ethyl adjacent to an activating group) is 1. The molecule has 0 spiro atoms. The molecule has 0 saturated heterocycles. The first-order chi connectivity index (χ1) is 9.55. The second-order valence-electron chi connectivity index (χ2n) is 5.82. The number of nitrogens with zero attached hydrogens (tertiary/aromatic N) is 1. The van der Waals surface area contributed by atoms with E-state index < -0.39 is 6.10 Å². The van der Waals surface area contributed by atoms with E-state index >= 15 is 0 Å². The standard InChI is InChI=1S/C16H25NO3/c1-11-7-12(11)9-17(2)10-15(18)14-6-5-13(19-3)8-16(14)20-4/h5-6,8,11-12,15,18H,7,9-10H2,1-4H3. The van der Waals surface area contributed by atoms with Crippen LogP contribution in [0.4, 0.5) is 0 Å². The predicted octanol–water partition coefficient (Wildman–Crippen LogP) is 2.33. The monoisotopic (exact) mass is 279 g/mol. The van der Waals surface area contributed by atoms with Gasteiger partial charge >= 0.3 is 0 Å². The molecule has 0 radical (unpaired) electrons. The van der Waals surface area contributed by atoms with Crippen LogP contribution >= 0.6 is 0 Å². The Kier molecular flexibility index (Phi) is 4.89. The van der Waals surface area contributed by atoms with Crippen molar-refractivity contribution in [3.63, 3.8) is 0 Å². The Bertz CT molecular complexity index is 449. The molecule has 1 aliphatic rings. The molecule has 1 N–H and O–H groups in total. The molecule has 0 amide bonds. The van der Waals surface area contributed by atoms with E-state index in [1.807, 2.05) is 18.2 Å². The molecule has 3 atom stereocenters. The summed E-state index contributed by atoms with van der Waals surface area (Å²) < 4.78 is 10.5. The summed E-state index contributed by atoms with van der Waals surface area (Å²) in [7, 11) is 5.29. The fourth-order valence-electron chi connectivity index (χ4n) is 2.62. The van der Waals surface area contributed by atoms with Crippen LogP contribution in [0.5, 0.6) is 11.5 Å². The summed E-state index contributed by atoms with van der Waals surface area (Å²) in [5.74, 6) is 3.04. The summed E-state index contributed by atoms with van der Waals surface area (Å²) in [6, 6.07) is 5.53. The highest BCUT2D eigenvalue weighted by Gasteiger charge is 2.33. The minimum absolute atomic E-state index is 0.546. The Morgan fingerprint density at radius 3 is 2.60 bits per heavy atom. The van der Waals surface area contributed by atoms with E-state index in [1.165, 1.54) is 6.42 Å². The topological polar surface area (TPSA) is 41.9 Å². The Hall–Kier alpha value is -1.26. The highest BCUT2D eigenvalue weighted by atomic mass is 16.5. The molecule has 0 bridgehead atoms. The smallest absolute Gasteiger partial charge is 0.128 e. The summed E-state index contributed by atoms with van der Waals surface area (Å²) in [6.07, 6.45) is 0.765. The van der Waals surface area contributed by atoms with Crippen LogP contribution in [0.3, 0.4) is 0 Å². The summed E-state index contributed by atoms with van der Waals surface area (Å²) in [6.45, 7) is 3.95. The lowest BCUT2D eigenvalue weighted by atomic mass is 10.1. The third-order valence-corrected chi connectivity index (χ3v) is 4.11. The van der Waals surface area contributed by atoms with E-state index in [0.29, 0.717) is 12.3 Å². The van der Waals surface area contributed by atoms with Crippen LogP contribution in [-0.4, -0.2) is 44.4 Å². The van der Waals surface area contributed by atoms with Gasteiger partial charge in [-0.3, -0.25) is 0 Å². The van der Waals surface area contributed by atoms with E-state index in [0.717, 1.165) is 29.7 Å². The van der Waals surface area contributed by atoms with E-state index in [2.05, 4.69) is 18.9 Å². The zero-order valence-corrected chi connectivity index (χ0v) is 12.8. The minimum Gasteiger partial charge on any atom is -0.497 e. The maximum Gasteiger partial charge on any atom is 0.128 e. The molecule has 0 aromatic heterocycles. The normalized spacial score (nSPS) is 22.7. The average Bonchev–Trinajstić information content (AvgIpc) is 3.12. The van der Waals surface area contributed by atoms with Gasteiger partial charge in [0, 0.05) is 24.7 Å². The summed E-state index contributed by atoms with van der Waals surface area (Å²) in [5.41, 5.74) is 0.809. The molecule has 1 aliphatic carbocycles. The zero-order valence-electron chi connectivity index (χ0n) is 12.8. The van der Waals surface area contributed by atoms with Crippen molar-refractivity contribution in [2.75, 3.05) is 34.4 Å². The number of hydrogen-bond donors (Lipinski definition) is 1. The Morgan fingerprint density at radius 1 is 1.35 bits per heavy atom. The van der Waals surface area contributed by atoms with Gasteiger partial charge in [0.2, 0.25) is 0 Å². The molecule has 1 aromatic carbocycles. The molecule has 0 aliphatic heterocycles. The molecule has 1 saturated carbocycles. The molecule has 1 aromatic rings. The quantitative estimate of drug-likeness (QED) is 0.832. The lowest BCUT2D eigenvalue weighted by Crippen LogP contribution is -2.27. The highest BCUT2D eigenvalue weighted by molar-refractivity contribution is 5.42. The van der Waals surface area contributed by atoms with E-state index in [9.17, 15) is 5.11 Å². The van der Waals surface area contributed by atoms with Gasteiger partial charge in [-0.2, -0.15) is 0 Å². The molecular formula is C16H25NO3. The number of aliphatic hydroxyl groups excluding tert-OH is 1. The van der Waals surface area contributed by atoms with Crippen molar-refractivity contribution >= 4 is 0 Å². The number of methoxy groups -OCH3 is 2. The third-order valence-electron chi connectivity index (χ3n) is 4.11. The van der Waals surface area contributed by atoms with Gasteiger partial charge in [-0.05, 0) is 37.4 Å². The second kappa shape index (κ2) is 6.46. The average molecular weight is 279 g/mol. The van der Waals surface area contributed by atoms with Crippen molar-refractivity contribution in [1.29, 1.82) is 0 Å². The molecule has 2 rings (SSSR count). The summed E-state index contributed by atoms with van der Waals surface area (Å²) >= 11 is 0. The fourth-order valence-corrected chi connectivity index (χ4v) is 2.62. The fraction of sp³-hybridized carbons (Fsp3) is 0.625. The lowest BCUT2D eigenvalue weighted by Gasteiger charge is -2.22. The van der Waals surface area contributed by atoms with Crippen LogP contribution in [0.2, 0.25) is 0 Å². The van der Waals surface area contributed by atoms with Crippen LogP contribution < -0.4 is 9.47 Å². The van der Waals surface area contributed by atoms with Crippen molar-refractivity contribution in [2.24, 2.45) is 11.8 Å². The second-order valence-corrected chi connectivity index (χ2v) is 5.82. The van der Waals surface area contributed by atoms with Crippen molar-refractivity contribution in [3.05, 3.63) is 23.8 Å². The zero-order chi connectivity index (χ0) is 14.7. The SMILES string of the molecule is COc1ccc(C(O)CN(C)CC2CC2C)c(OC)c1. The molecule has 20 heavy (non-hydrogen) atoms. The van der Waals surface area contributed by atoms with Crippen molar-refractivity contribution in [3.8, 4) is 11.5 Å². The number of ether oxygens (including phenoxy) is 2. The van der Waals surface area contributed by atoms with Crippen LogP contribution in [0.15, 0.2) is 18.2 Å². The van der Waals surface area contributed by atoms with Gasteiger partial charge in [0.25, 0.3) is 0 Å². The number of benzene rings is 1. The molecule has 4 heteroatoms. The molecule has 112 valence electrons. The number of hydrogen-bond acceptors (Lipinski definition) is 4. The van der Waals surface area contributed by atoms with Gasteiger partial charge in [-0.15, -0.1) is 0 Å². The van der Waals surface area contributed by atoms with Crippen LogP contribution in [0.25, 0.3) is 0 Å². The van der Waals surface area contributed by atoms with Crippen LogP contribution in [0.1, 0.15) is 25.0 Å². The molecule has 3 unspecified atom stereocenters. The maximum absolute atomic E-state index is 10.4. The van der Waals surface area contributed by atoms with E-state index in [1.54, 1.807) is 14.2 Å². The lowest BCUT2D eigenvalue weighted by molar-refractivity contribution is 0.121.